The highest BCUT2D eigenvalue weighted by Crippen LogP contribution is 2.42. The lowest BCUT2D eigenvalue weighted by Gasteiger charge is -2.22. The lowest BCUT2D eigenvalue weighted by Crippen LogP contribution is -2.24. The van der Waals surface area contributed by atoms with Gasteiger partial charge in [0.2, 0.25) is 0 Å². The van der Waals surface area contributed by atoms with E-state index in [-0.39, 0.29) is 30.0 Å². The van der Waals surface area contributed by atoms with Crippen LogP contribution in [0.5, 0.6) is 0 Å². The molecule has 1 aliphatic carbocycles. The monoisotopic (exact) mass is 462 g/mol. The van der Waals surface area contributed by atoms with E-state index in [9.17, 15) is 9.59 Å². The Bertz CT molecular complexity index is 870. The third-order valence-electron chi connectivity index (χ3n) is 4.43. The van der Waals surface area contributed by atoms with Crippen LogP contribution in [0, 0.1) is 5.92 Å². The van der Waals surface area contributed by atoms with Crippen LogP contribution in [0.4, 0.5) is 0 Å². The van der Waals surface area contributed by atoms with Crippen molar-refractivity contribution >= 4 is 62.1 Å². The molecule has 0 saturated heterocycles. The quantitative estimate of drug-likeness (QED) is 0.622. The van der Waals surface area contributed by atoms with Gasteiger partial charge in [0.15, 0.2) is 4.73 Å². The van der Waals surface area contributed by atoms with Gasteiger partial charge >= 0.3 is 11.9 Å². The lowest BCUT2D eigenvalue weighted by molar-refractivity contribution is -0.148. The van der Waals surface area contributed by atoms with Crippen molar-refractivity contribution in [1.29, 1.82) is 0 Å². The molecular weight excluding hydrogens is 447 g/mol. The first-order chi connectivity index (χ1) is 12.3. The fourth-order valence-corrected chi connectivity index (χ4v) is 4.40. The second kappa shape index (κ2) is 7.74. The van der Waals surface area contributed by atoms with Crippen LogP contribution < -0.4 is 0 Å². The van der Waals surface area contributed by atoms with Gasteiger partial charge in [-0.1, -0.05) is 23.2 Å². The van der Waals surface area contributed by atoms with E-state index in [1.165, 1.54) is 13.8 Å². The van der Waals surface area contributed by atoms with Gasteiger partial charge in [-0.05, 0) is 46.8 Å². The number of imidazole rings is 1. The van der Waals surface area contributed by atoms with Crippen LogP contribution in [0.15, 0.2) is 16.9 Å². The highest BCUT2D eigenvalue weighted by atomic mass is 79.9. The third-order valence-corrected chi connectivity index (χ3v) is 5.71. The molecule has 0 N–H and O–H groups in total. The van der Waals surface area contributed by atoms with Gasteiger partial charge in [0.25, 0.3) is 0 Å². The Labute approximate surface area is 168 Å². The molecule has 1 aliphatic rings. The number of ether oxygens (including phenoxy) is 2. The average molecular weight is 464 g/mol. The smallest absolute Gasteiger partial charge is 0.302 e. The van der Waals surface area contributed by atoms with Crippen LogP contribution in [0.2, 0.25) is 10.0 Å². The van der Waals surface area contributed by atoms with Crippen LogP contribution in [-0.2, 0) is 19.1 Å². The standard InChI is InChI=1S/C17H17BrCl2N2O4/c1-8(23)25-7-10-3-15(16(4-10)26-9(2)24)22-14-6-12(20)11(19)5-13(14)21-17(22)18/h5-6,10,15-16H,3-4,7H2,1-2H3/t10-,15+,16+/m0/s1. The number of hydrogen-bond donors (Lipinski definition) is 0. The number of esters is 2. The topological polar surface area (TPSA) is 70.4 Å². The van der Waals surface area contributed by atoms with E-state index in [0.717, 1.165) is 5.52 Å². The largest absolute Gasteiger partial charge is 0.466 e. The first-order valence-corrected chi connectivity index (χ1v) is 9.64. The Hall–Kier alpha value is -1.31. The minimum absolute atomic E-state index is 0.0837. The summed E-state index contributed by atoms with van der Waals surface area (Å²) in [6.45, 7) is 3.05. The van der Waals surface area contributed by atoms with Gasteiger partial charge in [0, 0.05) is 13.8 Å². The predicted octanol–water partition coefficient (Wildman–Crippen LogP) is 4.55. The Balaban J connectivity index is 1.97. The van der Waals surface area contributed by atoms with Crippen LogP contribution in [0.1, 0.15) is 32.7 Å². The fourth-order valence-electron chi connectivity index (χ4n) is 3.43. The molecule has 140 valence electrons. The summed E-state index contributed by atoms with van der Waals surface area (Å²) in [6, 6.07) is 3.30. The van der Waals surface area contributed by atoms with Crippen molar-refractivity contribution < 1.29 is 19.1 Å². The number of rotatable bonds is 4. The molecule has 1 saturated carbocycles. The molecule has 1 aromatic carbocycles. The number of carbonyl (C=O) groups is 2. The number of fused-ring (bicyclic) bond motifs is 1. The maximum Gasteiger partial charge on any atom is 0.302 e. The lowest BCUT2D eigenvalue weighted by atomic mass is 10.1. The summed E-state index contributed by atoms with van der Waals surface area (Å²) in [5.41, 5.74) is 1.48. The van der Waals surface area contributed by atoms with Crippen molar-refractivity contribution in [1.82, 2.24) is 9.55 Å². The van der Waals surface area contributed by atoms with Gasteiger partial charge < -0.3 is 14.0 Å². The molecule has 1 fully saturated rings. The number of benzene rings is 1. The minimum atomic E-state index is -0.352. The van der Waals surface area contributed by atoms with E-state index < -0.39 is 0 Å². The summed E-state index contributed by atoms with van der Waals surface area (Å²) >= 11 is 15.7. The molecule has 6 nitrogen and oxygen atoms in total. The minimum Gasteiger partial charge on any atom is -0.466 e. The SMILES string of the molecule is CC(=O)OC[C@H]1C[C@@H](n2c(Br)nc3cc(Cl)c(Cl)cc32)[C@H](OC(C)=O)C1. The van der Waals surface area contributed by atoms with Gasteiger partial charge in [-0.3, -0.25) is 9.59 Å². The molecule has 26 heavy (non-hydrogen) atoms. The molecule has 1 heterocycles. The Morgan fingerprint density at radius 2 is 1.92 bits per heavy atom. The van der Waals surface area contributed by atoms with Crippen LogP contribution in [0.3, 0.4) is 0 Å². The van der Waals surface area contributed by atoms with Crippen molar-refractivity contribution in [3.8, 4) is 0 Å². The predicted molar refractivity (Wildman–Crippen MR) is 101 cm³/mol. The molecule has 9 heteroatoms. The summed E-state index contributed by atoms with van der Waals surface area (Å²) < 4.78 is 13.2. The summed E-state index contributed by atoms with van der Waals surface area (Å²) in [5.74, 6) is -0.594. The van der Waals surface area contributed by atoms with E-state index in [2.05, 4.69) is 20.9 Å². The van der Waals surface area contributed by atoms with E-state index in [0.29, 0.717) is 39.7 Å². The Kier molecular flexibility index (Phi) is 5.79. The van der Waals surface area contributed by atoms with Gasteiger partial charge in [-0.2, -0.15) is 0 Å². The zero-order valence-electron chi connectivity index (χ0n) is 14.2. The summed E-state index contributed by atoms with van der Waals surface area (Å²) in [4.78, 5) is 27.1. The zero-order chi connectivity index (χ0) is 19.0. The second-order valence-electron chi connectivity index (χ2n) is 6.36. The molecule has 0 radical (unpaired) electrons. The van der Waals surface area contributed by atoms with E-state index >= 15 is 0 Å². The maximum absolute atomic E-state index is 11.6. The highest BCUT2D eigenvalue weighted by Gasteiger charge is 2.39. The van der Waals surface area contributed by atoms with Gasteiger partial charge in [0.05, 0.1) is 33.7 Å². The van der Waals surface area contributed by atoms with Crippen molar-refractivity contribution in [2.24, 2.45) is 5.92 Å². The third kappa shape index (κ3) is 4.00. The van der Waals surface area contributed by atoms with E-state index in [4.69, 9.17) is 32.7 Å². The first-order valence-electron chi connectivity index (χ1n) is 8.09. The van der Waals surface area contributed by atoms with E-state index in [1.807, 2.05) is 4.57 Å². The first kappa shape index (κ1) is 19.5. The van der Waals surface area contributed by atoms with Crippen molar-refractivity contribution in [2.75, 3.05) is 6.61 Å². The molecule has 0 unspecified atom stereocenters. The van der Waals surface area contributed by atoms with Crippen molar-refractivity contribution in [3.05, 3.63) is 26.9 Å². The Morgan fingerprint density at radius 1 is 1.23 bits per heavy atom. The van der Waals surface area contributed by atoms with Crippen LogP contribution >= 0.6 is 39.1 Å². The van der Waals surface area contributed by atoms with Crippen LogP contribution in [-0.4, -0.2) is 34.2 Å². The molecule has 3 rings (SSSR count). The molecule has 0 bridgehead atoms. The molecule has 0 aliphatic heterocycles. The van der Waals surface area contributed by atoms with E-state index in [1.54, 1.807) is 12.1 Å². The number of aromatic nitrogens is 2. The normalized spacial score (nSPS) is 22.6. The van der Waals surface area contributed by atoms with Gasteiger partial charge in [0.1, 0.15) is 6.10 Å². The molecule has 3 atom stereocenters. The maximum atomic E-state index is 11.6. The van der Waals surface area contributed by atoms with Crippen molar-refractivity contribution in [2.45, 2.75) is 38.8 Å². The van der Waals surface area contributed by atoms with Gasteiger partial charge in [-0.15, -0.1) is 0 Å². The number of nitrogens with zero attached hydrogens (tertiary/aromatic N) is 2. The number of carbonyl (C=O) groups excluding carboxylic acids is 2. The average Bonchev–Trinajstić information content (AvgIpc) is 3.05. The molecule has 2 aromatic rings. The van der Waals surface area contributed by atoms with Crippen LogP contribution in [0.25, 0.3) is 11.0 Å². The molecule has 0 spiro atoms. The summed E-state index contributed by atoms with van der Waals surface area (Å²) in [6.07, 6.45) is 0.928. The van der Waals surface area contributed by atoms with Crippen molar-refractivity contribution in [3.63, 3.8) is 0 Å². The highest BCUT2D eigenvalue weighted by molar-refractivity contribution is 9.10. The number of halogens is 3. The number of hydrogen-bond acceptors (Lipinski definition) is 5. The Morgan fingerprint density at radius 3 is 2.58 bits per heavy atom. The summed E-state index contributed by atoms with van der Waals surface area (Å²) in [5, 5.41) is 0.846. The zero-order valence-corrected chi connectivity index (χ0v) is 17.3. The fraction of sp³-hybridized carbons (Fsp3) is 0.471. The second-order valence-corrected chi connectivity index (χ2v) is 7.88. The molecule has 1 aromatic heterocycles. The summed E-state index contributed by atoms with van der Waals surface area (Å²) in [7, 11) is 0. The van der Waals surface area contributed by atoms with Gasteiger partial charge in [-0.25, -0.2) is 4.98 Å². The molecular formula is C17H17BrCl2N2O4. The molecule has 0 amide bonds.